The zero-order valence-electron chi connectivity index (χ0n) is 60.4. The number of methoxy groups -OCH3 is 1. The first-order valence-electron chi connectivity index (χ1n) is 36.9. The number of aliphatic hydroxyl groups excluding tert-OH is 4. The first-order valence-corrected chi connectivity index (χ1v) is 37.3. The number of aliphatic hydroxyl groups is 5. The number of carbonyl (C=O) groups is 6. The highest BCUT2D eigenvalue weighted by molar-refractivity contribution is 6.39. The number of halogens is 2. The molecule has 1 aromatic heterocycles. The maximum absolute atomic E-state index is 15.7. The van der Waals surface area contributed by atoms with Crippen LogP contribution in [0, 0.1) is 41.3 Å². The van der Waals surface area contributed by atoms with Crippen molar-refractivity contribution in [2.75, 3.05) is 76.3 Å². The standard InChI is InChI=1S/C77H108ClFN8O15/c1-9-66(94)85-32-34-86(35-33-85)73-54-43-55(78)67-53(20-18-36-100-62-23-17-21-56(79)68(62)67)69(54)83-76(84-73)82-30-27-65(93)81-29-14-11-10-13-28-80-64(92)24-16-19-52-39-46(3)37-45(2)38-47(4)71-61(91)41-49(6)77(98,102-71)72(95)74(96)87-31-15-12-22-57(87)75(97)101-70(50(7)59(89)44-60(52)90)48(5)40-51-25-26-58(88)63(42-51)99-8/h9,17-18,20-21,23,39-40,43,45,47,49-52,57-59,61,63,66,70-71,88-89,91,94,98H,1,10-16,19,22,24-38,41-42,44H2,2-8H3,(H,80,92)(H,81,93)(H,82,83,84)/b20-18?,46-39+,48-40+/t45-,47-,49+,50+,51-,52+,57-,58+,59-,61-,63+,66?,70+,71+,77+/m0/s1. The van der Waals surface area contributed by atoms with Crippen molar-refractivity contribution >= 4 is 75.6 Å². The van der Waals surface area contributed by atoms with Crippen LogP contribution in [-0.2, 0) is 43.0 Å². The molecular weight excluding hydrogens is 1330 g/mol. The van der Waals surface area contributed by atoms with Crippen LogP contribution in [0.15, 0.2) is 66.3 Å². The minimum Gasteiger partial charge on any atom is -0.489 e. The third kappa shape index (κ3) is 19.8. The van der Waals surface area contributed by atoms with Crippen LogP contribution in [0.5, 0.6) is 5.75 Å². The SMILES string of the molecule is C=CC(O)N1CCN(c2nc(NCCC(=O)NCCCCCCNC(=O)CCC[C@@H]3/C=C(\C)C[C@H](C)C[C@H](C)[C@H]4O[C@@](O)(C(=O)C(=O)N5CCCC[C@H]5C(=O)O[C@H](/C(C)=C/[C@@H]5CC[C@@H](O)[C@H](OC)C5)[C@H](C)[C@@H](O)CC3=O)[C@H](C)C[C@@H]4O)nc3c4c(c(Cl)cc23)-c2c(F)cccc2OCC=C4)CC1. The average Bonchev–Trinajstić information content (AvgIpc) is 0.754. The van der Waals surface area contributed by atoms with Crippen molar-refractivity contribution in [2.24, 2.45) is 35.5 Å². The Morgan fingerprint density at radius 3 is 2.31 bits per heavy atom. The molecule has 15 atom stereocenters. The molecule has 2 aromatic carbocycles. The summed E-state index contributed by atoms with van der Waals surface area (Å²) in [6.07, 6.45) is 10.2. The van der Waals surface area contributed by atoms with Gasteiger partial charge in [0.05, 0.1) is 46.6 Å². The summed E-state index contributed by atoms with van der Waals surface area (Å²) in [6.45, 7) is 18.1. The number of ether oxygens (including phenoxy) is 4. The van der Waals surface area contributed by atoms with Gasteiger partial charge >= 0.3 is 5.97 Å². The molecule has 0 spiro atoms. The largest absolute Gasteiger partial charge is 0.489 e. The van der Waals surface area contributed by atoms with E-state index in [0.29, 0.717) is 148 Å². The first-order chi connectivity index (χ1) is 48.8. The van der Waals surface area contributed by atoms with Crippen LogP contribution in [0.25, 0.3) is 28.1 Å². The number of carbonyl (C=O) groups excluding carboxylic acids is 6. The van der Waals surface area contributed by atoms with Gasteiger partial charge in [0, 0.05) is 113 Å². The number of nitrogens with one attached hydrogen (secondary N) is 3. The predicted octanol–water partition coefficient (Wildman–Crippen LogP) is 8.93. The van der Waals surface area contributed by atoms with Gasteiger partial charge in [-0.1, -0.05) is 88.6 Å². The van der Waals surface area contributed by atoms with Gasteiger partial charge in [-0.15, -0.1) is 0 Å². The summed E-state index contributed by atoms with van der Waals surface area (Å²) in [6, 6.07) is 5.19. The molecule has 560 valence electrons. The van der Waals surface area contributed by atoms with Gasteiger partial charge in [0.1, 0.15) is 48.1 Å². The molecule has 8 N–H and O–H groups in total. The van der Waals surface area contributed by atoms with E-state index in [4.69, 9.17) is 40.5 Å². The van der Waals surface area contributed by atoms with Gasteiger partial charge in [0.25, 0.3) is 11.7 Å². The molecule has 3 saturated heterocycles. The van der Waals surface area contributed by atoms with Crippen LogP contribution in [-0.4, -0.2) is 201 Å². The number of fused-ring (bicyclic) bond motifs is 8. The van der Waals surface area contributed by atoms with Crippen molar-refractivity contribution in [3.63, 3.8) is 0 Å². The van der Waals surface area contributed by atoms with E-state index in [-0.39, 0.29) is 92.7 Å². The Hall–Kier alpha value is -6.74. The molecule has 3 amide bonds. The number of allylic oxidation sites excluding steroid dienone is 3. The molecule has 6 aliphatic rings. The average molecular weight is 1440 g/mol. The molecule has 1 unspecified atom stereocenters. The second-order valence-corrected chi connectivity index (χ2v) is 29.7. The third-order valence-corrected chi connectivity index (χ3v) is 21.8. The van der Waals surface area contributed by atoms with Gasteiger partial charge in [-0.05, 0) is 151 Å². The van der Waals surface area contributed by atoms with Crippen LogP contribution in [0.4, 0.5) is 16.2 Å². The molecule has 25 heteroatoms. The number of benzene rings is 2. The fourth-order valence-electron chi connectivity index (χ4n) is 15.8. The lowest BCUT2D eigenvalue weighted by molar-refractivity contribution is -0.292. The van der Waals surface area contributed by atoms with E-state index in [9.17, 15) is 54.3 Å². The number of unbranched alkanes of at least 4 members (excludes halogenated alkanes) is 3. The molecule has 1 aliphatic carbocycles. The fourth-order valence-corrected chi connectivity index (χ4v) is 16.1. The molecular formula is C77H108ClFN8O15. The van der Waals surface area contributed by atoms with Gasteiger partial charge in [0.2, 0.25) is 23.5 Å². The normalized spacial score (nSPS) is 29.8. The molecule has 6 heterocycles. The van der Waals surface area contributed by atoms with Crippen LogP contribution in [0.2, 0.25) is 5.02 Å². The minimum absolute atomic E-state index is 0.0201. The Labute approximate surface area is 604 Å². The van der Waals surface area contributed by atoms with Crippen LogP contribution in [0.1, 0.15) is 163 Å². The number of amides is 3. The number of aromatic nitrogens is 2. The number of piperazine rings is 1. The number of anilines is 2. The van der Waals surface area contributed by atoms with E-state index >= 15 is 4.39 Å². The summed E-state index contributed by atoms with van der Waals surface area (Å²) in [4.78, 5) is 99.6. The highest BCUT2D eigenvalue weighted by Crippen LogP contribution is 2.46. The lowest BCUT2D eigenvalue weighted by Crippen LogP contribution is -2.63. The summed E-state index contributed by atoms with van der Waals surface area (Å²) in [5.74, 6) is -8.56. The Kier molecular flexibility index (Phi) is 28.6. The number of cyclic esters (lactones) is 1. The van der Waals surface area contributed by atoms with Crippen LogP contribution >= 0.6 is 11.6 Å². The van der Waals surface area contributed by atoms with E-state index in [2.05, 4.69) is 27.4 Å². The number of esters is 1. The summed E-state index contributed by atoms with van der Waals surface area (Å²) in [7, 11) is 1.54. The second-order valence-electron chi connectivity index (χ2n) is 29.3. The predicted molar refractivity (Wildman–Crippen MR) is 387 cm³/mol. The van der Waals surface area contributed by atoms with E-state index in [1.54, 1.807) is 46.1 Å². The number of ketones is 2. The summed E-state index contributed by atoms with van der Waals surface area (Å²) in [5, 5.41) is 66.9. The van der Waals surface area contributed by atoms with Crippen LogP contribution in [0.3, 0.4) is 0 Å². The molecule has 102 heavy (non-hydrogen) atoms. The summed E-state index contributed by atoms with van der Waals surface area (Å²) >= 11 is 7.04. The van der Waals surface area contributed by atoms with Crippen molar-refractivity contribution in [3.8, 4) is 16.9 Å². The van der Waals surface area contributed by atoms with E-state index in [0.717, 1.165) is 29.7 Å². The highest BCUT2D eigenvalue weighted by atomic mass is 35.5. The van der Waals surface area contributed by atoms with Crippen molar-refractivity contribution in [1.82, 2.24) is 30.4 Å². The molecule has 5 aliphatic heterocycles. The minimum atomic E-state index is -2.58. The Morgan fingerprint density at radius 1 is 0.873 bits per heavy atom. The van der Waals surface area contributed by atoms with Gasteiger partial charge in [-0.25, -0.2) is 14.2 Å². The second kappa shape index (κ2) is 36.8. The zero-order valence-corrected chi connectivity index (χ0v) is 61.1. The van der Waals surface area contributed by atoms with Crippen molar-refractivity contribution in [3.05, 3.63) is 82.7 Å². The zero-order chi connectivity index (χ0) is 73.5. The maximum Gasteiger partial charge on any atom is 0.329 e. The fraction of sp³-hybridized carbons (Fsp3) is 0.636. The van der Waals surface area contributed by atoms with Gasteiger partial charge in [-0.2, -0.15) is 4.98 Å². The van der Waals surface area contributed by atoms with Crippen LogP contribution < -0.4 is 25.6 Å². The van der Waals surface area contributed by atoms with Crippen molar-refractivity contribution in [1.29, 1.82) is 0 Å². The van der Waals surface area contributed by atoms with E-state index in [1.165, 1.54) is 12.1 Å². The number of piperidine rings is 1. The van der Waals surface area contributed by atoms with Gasteiger partial charge < -0.3 is 70.2 Å². The quantitative estimate of drug-likeness (QED) is 0.0213. The number of hydrogen-bond donors (Lipinski definition) is 8. The lowest BCUT2D eigenvalue weighted by Gasteiger charge is -2.46. The molecule has 23 nitrogen and oxygen atoms in total. The summed E-state index contributed by atoms with van der Waals surface area (Å²) < 4.78 is 39.7. The van der Waals surface area contributed by atoms with E-state index in [1.807, 2.05) is 50.0 Å². The number of rotatable bonds is 21. The maximum atomic E-state index is 15.7. The third-order valence-electron chi connectivity index (χ3n) is 21.5. The molecule has 2 bridgehead atoms. The molecule has 1 saturated carbocycles. The Bertz CT molecular complexity index is 3550. The highest BCUT2D eigenvalue weighted by Gasteiger charge is 2.56. The molecule has 0 radical (unpaired) electrons. The first kappa shape index (κ1) is 79.4. The summed E-state index contributed by atoms with van der Waals surface area (Å²) in [5.41, 5.74) is 3.29. The topological polar surface area (TPSA) is 312 Å². The van der Waals surface area contributed by atoms with Crippen molar-refractivity contribution in [2.45, 2.75) is 212 Å². The monoisotopic (exact) mass is 1440 g/mol. The van der Waals surface area contributed by atoms with Crippen molar-refractivity contribution < 1.29 is 77.6 Å². The number of nitrogens with zero attached hydrogens (tertiary/aromatic N) is 5. The Morgan fingerprint density at radius 2 is 1.60 bits per heavy atom. The molecule has 3 aromatic rings. The number of Topliss-reactive ketones (excluding diaryl/α,β-unsaturated/α-hetero) is 2. The molecule has 9 rings (SSSR count). The van der Waals surface area contributed by atoms with E-state index < -0.39 is 102 Å². The number of hydrogen-bond acceptors (Lipinski definition) is 20. The smallest absolute Gasteiger partial charge is 0.329 e. The van der Waals surface area contributed by atoms with Gasteiger partial charge in [0.15, 0.2) is 0 Å². The Balaban J connectivity index is 0.788. The van der Waals surface area contributed by atoms with Gasteiger partial charge in [-0.3, -0.25) is 28.9 Å². The lowest BCUT2D eigenvalue weighted by atomic mass is 9.79. The molecule has 4 fully saturated rings.